The molecule has 0 aliphatic carbocycles. The van der Waals surface area contributed by atoms with Gasteiger partial charge in [-0.1, -0.05) is 68.4 Å². The number of rotatable bonds is 9. The summed E-state index contributed by atoms with van der Waals surface area (Å²) in [4.78, 5) is 31.9. The smallest absolute Gasteiger partial charge is 0.243 e. The van der Waals surface area contributed by atoms with Crippen LogP contribution in [-0.4, -0.2) is 40.5 Å². The number of carbonyl (C=O) groups excluding carboxylic acids is 2. The quantitative estimate of drug-likeness (QED) is 0.441. The molecule has 6 heteroatoms. The Hall–Kier alpha value is -3.54. The Labute approximate surface area is 212 Å². The standard InChI is InChI=1S/C30H34FN3O2/c1-21(2)23-11-13-25(14-12-23)29(24-8-4-3-5-9-24)33-30(36)27-19-26(31)20-34(27)28(35)10-6-7-22-15-17-32-18-16-22/h3-5,8-9,11-18,21,26-27,29H,6-7,10,19-20H2,1-2H3,(H,33,36)/t26-,27+,29+/m1/s1. The van der Waals surface area contributed by atoms with Crippen LogP contribution in [-0.2, 0) is 16.0 Å². The van der Waals surface area contributed by atoms with E-state index in [-0.39, 0.29) is 37.2 Å². The summed E-state index contributed by atoms with van der Waals surface area (Å²) in [5.74, 6) is -0.0942. The summed E-state index contributed by atoms with van der Waals surface area (Å²) >= 11 is 0. The van der Waals surface area contributed by atoms with Gasteiger partial charge in [0.05, 0.1) is 12.6 Å². The minimum atomic E-state index is -1.20. The summed E-state index contributed by atoms with van der Waals surface area (Å²) in [6, 6.07) is 20.6. The Morgan fingerprint density at radius 1 is 0.972 bits per heavy atom. The number of nitrogens with one attached hydrogen (secondary N) is 1. The van der Waals surface area contributed by atoms with E-state index in [2.05, 4.69) is 36.3 Å². The van der Waals surface area contributed by atoms with E-state index in [0.717, 1.165) is 23.1 Å². The molecule has 5 nitrogen and oxygen atoms in total. The molecule has 0 radical (unpaired) electrons. The third-order valence-corrected chi connectivity index (χ3v) is 6.83. The van der Waals surface area contributed by atoms with Crippen LogP contribution in [0.25, 0.3) is 0 Å². The van der Waals surface area contributed by atoms with E-state index in [0.29, 0.717) is 12.3 Å². The Kier molecular flexibility index (Phi) is 8.47. The fourth-order valence-corrected chi connectivity index (χ4v) is 4.76. The third-order valence-electron chi connectivity index (χ3n) is 6.83. The maximum absolute atomic E-state index is 14.5. The zero-order chi connectivity index (χ0) is 25.5. The monoisotopic (exact) mass is 487 g/mol. The molecule has 2 heterocycles. The van der Waals surface area contributed by atoms with Crippen molar-refractivity contribution < 1.29 is 14.0 Å². The van der Waals surface area contributed by atoms with Crippen molar-refractivity contribution in [2.45, 2.75) is 63.7 Å². The highest BCUT2D eigenvalue weighted by Crippen LogP contribution is 2.27. The number of hydrogen-bond donors (Lipinski definition) is 1. The van der Waals surface area contributed by atoms with Crippen molar-refractivity contribution >= 4 is 11.8 Å². The van der Waals surface area contributed by atoms with Crippen LogP contribution in [0.4, 0.5) is 4.39 Å². The highest BCUT2D eigenvalue weighted by molar-refractivity contribution is 5.89. The topological polar surface area (TPSA) is 62.3 Å². The molecule has 4 rings (SSSR count). The van der Waals surface area contributed by atoms with Crippen molar-refractivity contribution in [3.8, 4) is 0 Å². The lowest BCUT2D eigenvalue weighted by Gasteiger charge is -2.27. The predicted octanol–water partition coefficient (Wildman–Crippen LogP) is 5.37. The number of benzene rings is 2. The number of alkyl halides is 1. The van der Waals surface area contributed by atoms with Gasteiger partial charge in [0.25, 0.3) is 0 Å². The highest BCUT2D eigenvalue weighted by atomic mass is 19.1. The molecule has 3 atom stereocenters. The molecule has 1 N–H and O–H groups in total. The van der Waals surface area contributed by atoms with Gasteiger partial charge in [-0.05, 0) is 53.1 Å². The molecule has 2 amide bonds. The van der Waals surface area contributed by atoms with Crippen LogP contribution in [0.3, 0.4) is 0 Å². The van der Waals surface area contributed by atoms with Gasteiger partial charge < -0.3 is 10.2 Å². The number of likely N-dealkylation sites (tertiary alicyclic amines) is 1. The maximum Gasteiger partial charge on any atom is 0.243 e. The van der Waals surface area contributed by atoms with Crippen molar-refractivity contribution in [2.75, 3.05) is 6.54 Å². The molecule has 2 aromatic carbocycles. The van der Waals surface area contributed by atoms with Crippen LogP contribution in [0, 0.1) is 0 Å². The van der Waals surface area contributed by atoms with Crippen LogP contribution in [0.1, 0.15) is 67.3 Å². The average molecular weight is 488 g/mol. The number of aromatic nitrogens is 1. The Balaban J connectivity index is 1.47. The van der Waals surface area contributed by atoms with E-state index < -0.39 is 12.2 Å². The zero-order valence-corrected chi connectivity index (χ0v) is 20.9. The lowest BCUT2D eigenvalue weighted by atomic mass is 9.95. The van der Waals surface area contributed by atoms with E-state index in [9.17, 15) is 14.0 Å². The van der Waals surface area contributed by atoms with E-state index in [1.54, 1.807) is 12.4 Å². The molecule has 1 fully saturated rings. The van der Waals surface area contributed by atoms with Gasteiger partial charge >= 0.3 is 0 Å². The molecular formula is C30H34FN3O2. The second-order valence-electron chi connectivity index (χ2n) is 9.78. The van der Waals surface area contributed by atoms with E-state index in [1.165, 1.54) is 10.5 Å². The molecule has 0 spiro atoms. The number of pyridine rings is 1. The van der Waals surface area contributed by atoms with Gasteiger partial charge in [-0.3, -0.25) is 14.6 Å². The first-order valence-corrected chi connectivity index (χ1v) is 12.7. The molecule has 1 aliphatic heterocycles. The molecule has 188 valence electrons. The zero-order valence-electron chi connectivity index (χ0n) is 20.9. The first-order valence-electron chi connectivity index (χ1n) is 12.7. The van der Waals surface area contributed by atoms with E-state index in [1.807, 2.05) is 54.6 Å². The van der Waals surface area contributed by atoms with Crippen LogP contribution >= 0.6 is 0 Å². The van der Waals surface area contributed by atoms with Crippen LogP contribution in [0.2, 0.25) is 0 Å². The van der Waals surface area contributed by atoms with Gasteiger partial charge in [-0.25, -0.2) is 4.39 Å². The van der Waals surface area contributed by atoms with E-state index >= 15 is 0 Å². The number of nitrogens with zero attached hydrogens (tertiary/aromatic N) is 2. The summed E-state index contributed by atoms with van der Waals surface area (Å²) in [6.07, 6.45) is 3.93. The van der Waals surface area contributed by atoms with Gasteiger partial charge in [-0.2, -0.15) is 0 Å². The summed E-state index contributed by atoms with van der Waals surface area (Å²) in [5.41, 5.74) is 4.21. The highest BCUT2D eigenvalue weighted by Gasteiger charge is 2.40. The molecular weight excluding hydrogens is 453 g/mol. The molecule has 0 bridgehead atoms. The Morgan fingerprint density at radius 2 is 1.61 bits per heavy atom. The van der Waals surface area contributed by atoms with Gasteiger partial charge in [0.1, 0.15) is 12.2 Å². The number of hydrogen-bond acceptors (Lipinski definition) is 3. The first-order chi connectivity index (χ1) is 17.4. The molecule has 0 unspecified atom stereocenters. The van der Waals surface area contributed by atoms with Gasteiger partial charge in [0.2, 0.25) is 11.8 Å². The predicted molar refractivity (Wildman–Crippen MR) is 139 cm³/mol. The second kappa shape index (κ2) is 11.9. The van der Waals surface area contributed by atoms with Crippen LogP contribution in [0.15, 0.2) is 79.1 Å². The molecule has 1 aromatic heterocycles. The van der Waals surface area contributed by atoms with Crippen molar-refractivity contribution in [1.82, 2.24) is 15.2 Å². The third kappa shape index (κ3) is 6.36. The van der Waals surface area contributed by atoms with Gasteiger partial charge in [0, 0.05) is 25.2 Å². The Morgan fingerprint density at radius 3 is 2.28 bits per heavy atom. The van der Waals surface area contributed by atoms with Crippen molar-refractivity contribution in [2.24, 2.45) is 0 Å². The van der Waals surface area contributed by atoms with Crippen molar-refractivity contribution in [1.29, 1.82) is 0 Å². The lowest BCUT2D eigenvalue weighted by molar-refractivity contribution is -0.138. The fraction of sp³-hybridized carbons (Fsp3) is 0.367. The molecule has 0 saturated carbocycles. The number of carbonyl (C=O) groups is 2. The summed E-state index contributed by atoms with van der Waals surface area (Å²) in [5, 5.41) is 3.12. The molecule has 1 saturated heterocycles. The van der Waals surface area contributed by atoms with Crippen LogP contribution in [0.5, 0.6) is 0 Å². The lowest BCUT2D eigenvalue weighted by Crippen LogP contribution is -2.47. The normalized spacial score (nSPS) is 18.3. The minimum Gasteiger partial charge on any atom is -0.343 e. The van der Waals surface area contributed by atoms with Gasteiger partial charge in [0.15, 0.2) is 0 Å². The maximum atomic E-state index is 14.5. The van der Waals surface area contributed by atoms with E-state index in [4.69, 9.17) is 0 Å². The van der Waals surface area contributed by atoms with Gasteiger partial charge in [-0.15, -0.1) is 0 Å². The van der Waals surface area contributed by atoms with Crippen LogP contribution < -0.4 is 5.32 Å². The largest absolute Gasteiger partial charge is 0.343 e. The number of halogens is 1. The Bertz CT molecular complexity index is 1140. The minimum absolute atomic E-state index is 0.0235. The first kappa shape index (κ1) is 25.5. The van der Waals surface area contributed by atoms with Crippen molar-refractivity contribution in [3.63, 3.8) is 0 Å². The second-order valence-corrected chi connectivity index (χ2v) is 9.78. The molecule has 3 aromatic rings. The SMILES string of the molecule is CC(C)c1ccc([C@@H](NC(=O)[C@@H]2C[C@@H](F)CN2C(=O)CCCc2ccncc2)c2ccccc2)cc1. The summed E-state index contributed by atoms with van der Waals surface area (Å²) in [7, 11) is 0. The number of amides is 2. The molecule has 36 heavy (non-hydrogen) atoms. The summed E-state index contributed by atoms with van der Waals surface area (Å²) < 4.78 is 14.5. The average Bonchev–Trinajstić information content (AvgIpc) is 3.30. The van der Waals surface area contributed by atoms with Crippen molar-refractivity contribution in [3.05, 3.63) is 101 Å². The molecule has 1 aliphatic rings. The number of aryl methyl sites for hydroxylation is 1. The fourth-order valence-electron chi connectivity index (χ4n) is 4.76. The summed E-state index contributed by atoms with van der Waals surface area (Å²) in [6.45, 7) is 4.24.